The number of aliphatic hydroxyl groups is 1. The number of aromatic nitrogens is 6. The van der Waals surface area contributed by atoms with Crippen LogP contribution in [0.1, 0.15) is 12.8 Å². The van der Waals surface area contributed by atoms with Gasteiger partial charge in [-0.05, 0) is 12.8 Å². The SMILES string of the molecule is OCCn1ncc2c(Nc3cnn(C[C@H]4CCCO4)c3)ncnc21. The van der Waals surface area contributed by atoms with E-state index in [-0.39, 0.29) is 12.7 Å². The molecule has 3 aromatic heterocycles. The van der Waals surface area contributed by atoms with Crippen molar-refractivity contribution in [3.63, 3.8) is 0 Å². The zero-order valence-corrected chi connectivity index (χ0v) is 13.2. The Morgan fingerprint density at radius 1 is 1.29 bits per heavy atom. The second kappa shape index (κ2) is 6.54. The molecule has 24 heavy (non-hydrogen) atoms. The Hall–Kier alpha value is -2.52. The lowest BCUT2D eigenvalue weighted by Gasteiger charge is -2.08. The smallest absolute Gasteiger partial charge is 0.163 e. The zero-order valence-electron chi connectivity index (χ0n) is 13.2. The van der Waals surface area contributed by atoms with Crippen molar-refractivity contribution in [1.29, 1.82) is 0 Å². The fourth-order valence-corrected chi connectivity index (χ4v) is 2.91. The molecular formula is C15H19N7O2. The third-order valence-electron chi connectivity index (χ3n) is 4.06. The molecule has 126 valence electrons. The standard InChI is InChI=1S/C15H19N7O2/c23-4-3-22-15-13(7-19-22)14(16-10-17-15)20-11-6-18-21(8-11)9-12-2-1-5-24-12/h6-8,10,12,23H,1-5,9H2,(H,16,17,20)/t12-/m1/s1. The first-order chi connectivity index (χ1) is 11.8. The molecule has 1 atom stereocenters. The lowest BCUT2D eigenvalue weighted by atomic mass is 10.2. The summed E-state index contributed by atoms with van der Waals surface area (Å²) < 4.78 is 9.17. The number of nitrogens with zero attached hydrogens (tertiary/aromatic N) is 6. The van der Waals surface area contributed by atoms with Crippen molar-refractivity contribution in [2.24, 2.45) is 0 Å². The number of fused-ring (bicyclic) bond motifs is 1. The molecule has 1 aliphatic rings. The quantitative estimate of drug-likeness (QED) is 0.693. The van der Waals surface area contributed by atoms with Gasteiger partial charge in [0.2, 0.25) is 0 Å². The molecule has 1 fully saturated rings. The minimum absolute atomic E-state index is 0.0134. The normalized spacial score (nSPS) is 17.6. The summed E-state index contributed by atoms with van der Waals surface area (Å²) in [5.74, 6) is 0.667. The molecule has 4 heterocycles. The molecule has 0 saturated carbocycles. The summed E-state index contributed by atoms with van der Waals surface area (Å²) in [6.07, 6.45) is 9.34. The summed E-state index contributed by atoms with van der Waals surface area (Å²) >= 11 is 0. The molecule has 0 unspecified atom stereocenters. The maximum atomic E-state index is 9.08. The highest BCUT2D eigenvalue weighted by atomic mass is 16.5. The Morgan fingerprint density at radius 2 is 2.25 bits per heavy atom. The first-order valence-corrected chi connectivity index (χ1v) is 8.02. The summed E-state index contributed by atoms with van der Waals surface area (Å²) in [4.78, 5) is 8.52. The van der Waals surface area contributed by atoms with E-state index in [1.54, 1.807) is 17.1 Å². The highest BCUT2D eigenvalue weighted by Gasteiger charge is 2.16. The summed E-state index contributed by atoms with van der Waals surface area (Å²) in [6, 6.07) is 0. The van der Waals surface area contributed by atoms with E-state index in [0.29, 0.717) is 18.0 Å². The lowest BCUT2D eigenvalue weighted by molar-refractivity contribution is 0.0940. The van der Waals surface area contributed by atoms with Crippen LogP contribution >= 0.6 is 0 Å². The third-order valence-corrected chi connectivity index (χ3v) is 4.06. The second-order valence-corrected chi connectivity index (χ2v) is 5.76. The third kappa shape index (κ3) is 2.95. The average molecular weight is 329 g/mol. The van der Waals surface area contributed by atoms with Gasteiger partial charge in [0.25, 0.3) is 0 Å². The van der Waals surface area contributed by atoms with Gasteiger partial charge >= 0.3 is 0 Å². The number of rotatable bonds is 6. The van der Waals surface area contributed by atoms with Gasteiger partial charge < -0.3 is 15.2 Å². The van der Waals surface area contributed by atoms with Crippen LogP contribution in [0.3, 0.4) is 0 Å². The minimum atomic E-state index is 0.0134. The molecule has 0 radical (unpaired) electrons. The summed E-state index contributed by atoms with van der Waals surface area (Å²) in [5.41, 5.74) is 1.54. The van der Waals surface area contributed by atoms with Crippen molar-refractivity contribution in [3.05, 3.63) is 24.9 Å². The number of anilines is 2. The first-order valence-electron chi connectivity index (χ1n) is 8.02. The van der Waals surface area contributed by atoms with Gasteiger partial charge in [0.1, 0.15) is 12.1 Å². The predicted octanol–water partition coefficient (Wildman–Crippen LogP) is 0.938. The largest absolute Gasteiger partial charge is 0.394 e. The van der Waals surface area contributed by atoms with Crippen LogP contribution in [-0.2, 0) is 17.8 Å². The number of hydrogen-bond donors (Lipinski definition) is 2. The van der Waals surface area contributed by atoms with E-state index in [0.717, 1.165) is 37.1 Å². The molecule has 0 aliphatic carbocycles. The van der Waals surface area contributed by atoms with E-state index >= 15 is 0 Å². The van der Waals surface area contributed by atoms with Crippen molar-refractivity contribution in [2.45, 2.75) is 32.0 Å². The molecule has 0 bridgehead atoms. The molecule has 3 aromatic rings. The van der Waals surface area contributed by atoms with Gasteiger partial charge in [-0.2, -0.15) is 10.2 Å². The van der Waals surface area contributed by atoms with Crippen molar-refractivity contribution in [2.75, 3.05) is 18.5 Å². The summed E-state index contributed by atoms with van der Waals surface area (Å²) in [6.45, 7) is 2.02. The van der Waals surface area contributed by atoms with E-state index in [1.165, 1.54) is 6.33 Å². The number of aliphatic hydroxyl groups excluding tert-OH is 1. The van der Waals surface area contributed by atoms with Gasteiger partial charge in [0.15, 0.2) is 5.65 Å². The van der Waals surface area contributed by atoms with Gasteiger partial charge in [0, 0.05) is 12.8 Å². The highest BCUT2D eigenvalue weighted by Crippen LogP contribution is 2.22. The van der Waals surface area contributed by atoms with Gasteiger partial charge in [0.05, 0.1) is 49.3 Å². The average Bonchev–Trinajstić information content (AvgIpc) is 3.31. The van der Waals surface area contributed by atoms with Crippen LogP contribution in [0.4, 0.5) is 11.5 Å². The first kappa shape index (κ1) is 15.0. The fraction of sp³-hybridized carbons (Fsp3) is 0.467. The van der Waals surface area contributed by atoms with Crippen molar-refractivity contribution < 1.29 is 9.84 Å². The summed E-state index contributed by atoms with van der Waals surface area (Å²) in [5, 5.41) is 21.7. The maximum Gasteiger partial charge on any atom is 0.163 e. The zero-order chi connectivity index (χ0) is 16.4. The van der Waals surface area contributed by atoms with Crippen LogP contribution in [0.15, 0.2) is 24.9 Å². The molecule has 9 heteroatoms. The van der Waals surface area contributed by atoms with Gasteiger partial charge in [-0.25, -0.2) is 14.6 Å². The molecule has 2 N–H and O–H groups in total. The van der Waals surface area contributed by atoms with E-state index in [2.05, 4.69) is 25.5 Å². The van der Waals surface area contributed by atoms with Crippen LogP contribution in [-0.4, -0.2) is 54.0 Å². The molecule has 0 amide bonds. The Labute approximate surface area is 138 Å². The van der Waals surface area contributed by atoms with Crippen LogP contribution in [0, 0.1) is 0 Å². The van der Waals surface area contributed by atoms with E-state index in [4.69, 9.17) is 9.84 Å². The monoisotopic (exact) mass is 329 g/mol. The van der Waals surface area contributed by atoms with E-state index < -0.39 is 0 Å². The number of ether oxygens (including phenoxy) is 1. The molecular weight excluding hydrogens is 310 g/mol. The second-order valence-electron chi connectivity index (χ2n) is 5.76. The number of hydrogen-bond acceptors (Lipinski definition) is 7. The van der Waals surface area contributed by atoms with Crippen LogP contribution in [0.25, 0.3) is 11.0 Å². The topological polar surface area (TPSA) is 103 Å². The van der Waals surface area contributed by atoms with Gasteiger partial charge in [-0.3, -0.25) is 4.68 Å². The Morgan fingerprint density at radius 3 is 3.08 bits per heavy atom. The van der Waals surface area contributed by atoms with Crippen LogP contribution in [0.2, 0.25) is 0 Å². The Bertz CT molecular complexity index is 822. The lowest BCUT2D eigenvalue weighted by Crippen LogP contribution is -2.15. The molecule has 0 aromatic carbocycles. The minimum Gasteiger partial charge on any atom is -0.394 e. The van der Waals surface area contributed by atoms with Crippen molar-refractivity contribution in [1.82, 2.24) is 29.5 Å². The molecule has 4 rings (SSSR count). The molecule has 0 spiro atoms. The van der Waals surface area contributed by atoms with E-state index in [9.17, 15) is 0 Å². The van der Waals surface area contributed by atoms with Crippen molar-refractivity contribution in [3.8, 4) is 0 Å². The van der Waals surface area contributed by atoms with Crippen LogP contribution < -0.4 is 5.32 Å². The van der Waals surface area contributed by atoms with Gasteiger partial charge in [-0.15, -0.1) is 0 Å². The Kier molecular flexibility index (Phi) is 4.09. The Balaban J connectivity index is 1.52. The van der Waals surface area contributed by atoms with Crippen molar-refractivity contribution >= 4 is 22.5 Å². The van der Waals surface area contributed by atoms with E-state index in [1.807, 2.05) is 10.9 Å². The maximum absolute atomic E-state index is 9.08. The highest BCUT2D eigenvalue weighted by molar-refractivity contribution is 5.87. The molecule has 1 aliphatic heterocycles. The molecule has 1 saturated heterocycles. The summed E-state index contributed by atoms with van der Waals surface area (Å²) in [7, 11) is 0. The number of nitrogens with one attached hydrogen (secondary N) is 1. The molecule has 9 nitrogen and oxygen atoms in total. The fourth-order valence-electron chi connectivity index (χ4n) is 2.91. The predicted molar refractivity (Wildman–Crippen MR) is 86.9 cm³/mol. The van der Waals surface area contributed by atoms with Gasteiger partial charge in [-0.1, -0.05) is 0 Å². The van der Waals surface area contributed by atoms with Crippen LogP contribution in [0.5, 0.6) is 0 Å².